The van der Waals surface area contributed by atoms with Crippen molar-refractivity contribution in [3.63, 3.8) is 0 Å². The van der Waals surface area contributed by atoms with Gasteiger partial charge < -0.3 is 22.7 Å². The fourth-order valence-electron chi connectivity index (χ4n) is 11.3. The van der Waals surface area contributed by atoms with Gasteiger partial charge in [0.05, 0.1) is 54.9 Å². The van der Waals surface area contributed by atoms with Crippen LogP contribution in [0, 0.1) is 0 Å². The lowest BCUT2D eigenvalue weighted by Gasteiger charge is -2.12. The van der Waals surface area contributed by atoms with Gasteiger partial charge in [-0.2, -0.15) is 0 Å². The summed E-state index contributed by atoms with van der Waals surface area (Å²) in [5.41, 5.74) is 15.5. The maximum Gasteiger partial charge on any atom is 0.145 e. The quantitative estimate of drug-likeness (QED) is 0.174. The summed E-state index contributed by atoms with van der Waals surface area (Å²) in [7, 11) is 0. The van der Waals surface area contributed by atoms with Gasteiger partial charge in [-0.3, -0.25) is 0 Å². The highest BCUT2D eigenvalue weighted by Crippen LogP contribution is 2.45. The van der Waals surface area contributed by atoms with Crippen LogP contribution in [0.2, 0.25) is 0 Å². The summed E-state index contributed by atoms with van der Waals surface area (Å²) in [5, 5.41) is 11.8. The van der Waals surface area contributed by atoms with Gasteiger partial charge in [0.2, 0.25) is 0 Å². The number of hydrogen-bond donors (Lipinski definition) is 0. The van der Waals surface area contributed by atoms with Gasteiger partial charge in [-0.05, 0) is 97.1 Å². The third kappa shape index (κ3) is 4.65. The van der Waals surface area contributed by atoms with Gasteiger partial charge in [-0.15, -0.1) is 0 Å². The molecular formula is C60H36N4O. The molecule has 10 aromatic carbocycles. The van der Waals surface area contributed by atoms with Gasteiger partial charge in [0.15, 0.2) is 0 Å². The zero-order valence-electron chi connectivity index (χ0n) is 35.0. The number of fused-ring (bicyclic) bond motifs is 17. The Morgan fingerprint density at radius 1 is 0.215 bits per heavy atom. The highest BCUT2D eigenvalue weighted by Gasteiger charge is 2.23. The predicted octanol–water partition coefficient (Wildman–Crippen LogP) is 16.0. The van der Waals surface area contributed by atoms with Crippen LogP contribution >= 0.6 is 0 Å². The molecular weight excluding hydrogens is 793 g/mol. The number of aromatic nitrogens is 4. The molecule has 5 nitrogen and oxygen atoms in total. The second-order valence-corrected chi connectivity index (χ2v) is 17.3. The van der Waals surface area contributed by atoms with Gasteiger partial charge in [0, 0.05) is 65.8 Å². The van der Waals surface area contributed by atoms with Crippen molar-refractivity contribution < 1.29 is 4.42 Å². The minimum atomic E-state index is 0.906. The molecule has 0 bridgehead atoms. The summed E-state index contributed by atoms with van der Waals surface area (Å²) < 4.78 is 16.9. The van der Waals surface area contributed by atoms with Gasteiger partial charge in [0.1, 0.15) is 11.2 Å². The van der Waals surface area contributed by atoms with E-state index in [1.165, 1.54) is 43.6 Å². The zero-order chi connectivity index (χ0) is 42.3. The third-order valence-corrected chi connectivity index (χ3v) is 13.9. The summed E-state index contributed by atoms with van der Waals surface area (Å²) in [6.45, 7) is 0. The second kappa shape index (κ2) is 12.9. The third-order valence-electron chi connectivity index (χ3n) is 13.9. The standard InChI is InChI=1S/C60H36N4O/c1-7-25-49-41(19-1)42-20-2-8-26-50(42)61(49)37-15-13-17-39(35-37)63-53-29-11-5-23-47(53)57-55(63)33-31-45-46-32-34-56-58(60(46)65-59(45)57)48-24-6-12-30-54(48)64(56)40-18-14-16-38(36-40)62-51-27-9-3-21-43(51)44-22-4-10-28-52(44)62/h1-36H. The van der Waals surface area contributed by atoms with Crippen molar-refractivity contribution in [1.29, 1.82) is 0 Å². The molecule has 0 fully saturated rings. The van der Waals surface area contributed by atoms with Crippen molar-refractivity contribution in [2.24, 2.45) is 0 Å². The van der Waals surface area contributed by atoms with E-state index >= 15 is 0 Å². The first kappa shape index (κ1) is 34.7. The van der Waals surface area contributed by atoms with Crippen molar-refractivity contribution in [1.82, 2.24) is 18.3 Å². The lowest BCUT2D eigenvalue weighted by Crippen LogP contribution is -1.98. The Balaban J connectivity index is 0.952. The van der Waals surface area contributed by atoms with Crippen molar-refractivity contribution >= 4 is 109 Å². The first-order valence-corrected chi connectivity index (χ1v) is 22.3. The topological polar surface area (TPSA) is 32.9 Å². The molecule has 0 aliphatic heterocycles. The number of rotatable bonds is 4. The fourth-order valence-corrected chi connectivity index (χ4v) is 11.3. The van der Waals surface area contributed by atoms with Crippen LogP contribution in [0.1, 0.15) is 0 Å². The Morgan fingerprint density at radius 2 is 0.492 bits per heavy atom. The van der Waals surface area contributed by atoms with E-state index in [1.54, 1.807) is 0 Å². The lowest BCUT2D eigenvalue weighted by atomic mass is 10.1. The summed E-state index contributed by atoms with van der Waals surface area (Å²) in [5.74, 6) is 0. The van der Waals surface area contributed by atoms with Crippen LogP contribution in [-0.2, 0) is 0 Å². The van der Waals surface area contributed by atoms with Crippen molar-refractivity contribution in [2.75, 3.05) is 0 Å². The molecule has 0 aliphatic carbocycles. The molecule has 5 aromatic heterocycles. The molecule has 0 amide bonds. The molecule has 0 atom stereocenters. The first-order chi connectivity index (χ1) is 32.3. The molecule has 15 aromatic rings. The van der Waals surface area contributed by atoms with E-state index in [1.807, 2.05) is 0 Å². The van der Waals surface area contributed by atoms with E-state index in [0.29, 0.717) is 0 Å². The molecule has 0 spiro atoms. The normalized spacial score (nSPS) is 12.3. The highest BCUT2D eigenvalue weighted by atomic mass is 16.3. The number of nitrogens with zero attached hydrogens (tertiary/aromatic N) is 4. The Morgan fingerprint density at radius 3 is 0.831 bits per heavy atom. The number of furan rings is 1. The largest absolute Gasteiger partial charge is 0.455 e. The van der Waals surface area contributed by atoms with Crippen molar-refractivity contribution in [2.45, 2.75) is 0 Å². The van der Waals surface area contributed by atoms with Crippen LogP contribution in [0.5, 0.6) is 0 Å². The molecule has 0 saturated heterocycles. The maximum absolute atomic E-state index is 7.32. The van der Waals surface area contributed by atoms with Gasteiger partial charge in [-0.25, -0.2) is 0 Å². The Labute approximate surface area is 371 Å². The summed E-state index contributed by atoms with van der Waals surface area (Å²) in [6, 6.07) is 79.3. The first-order valence-electron chi connectivity index (χ1n) is 22.3. The Kier molecular flexibility index (Phi) is 6.89. The van der Waals surface area contributed by atoms with Crippen LogP contribution < -0.4 is 0 Å². The highest BCUT2D eigenvalue weighted by molar-refractivity contribution is 6.29. The minimum absolute atomic E-state index is 0.906. The number of benzene rings is 10. The molecule has 0 saturated carbocycles. The van der Waals surface area contributed by atoms with E-state index < -0.39 is 0 Å². The minimum Gasteiger partial charge on any atom is -0.455 e. The average Bonchev–Trinajstić information content (AvgIpc) is 4.16. The molecule has 0 unspecified atom stereocenters. The smallest absolute Gasteiger partial charge is 0.145 e. The number of hydrogen-bond acceptors (Lipinski definition) is 1. The average molecular weight is 829 g/mol. The molecule has 302 valence electrons. The van der Waals surface area contributed by atoms with E-state index in [0.717, 1.165) is 88.3 Å². The SMILES string of the molecule is c1cc(-n2c3ccccc3c3ccccc32)cc(-n2c3ccccc3c3c4oc5c(ccc6c5c5ccccc5n6-c5cccc(-n6c7ccccc7c7ccccc76)c5)c4ccc32)c1. The molecule has 65 heavy (non-hydrogen) atoms. The lowest BCUT2D eigenvalue weighted by molar-refractivity contribution is 0.677. The second-order valence-electron chi connectivity index (χ2n) is 17.3. The Bertz CT molecular complexity index is 4100. The Hall–Kier alpha value is -8.80. The van der Waals surface area contributed by atoms with Crippen LogP contribution in [0.4, 0.5) is 0 Å². The fraction of sp³-hybridized carbons (Fsp3) is 0. The van der Waals surface area contributed by atoms with Gasteiger partial charge in [0.25, 0.3) is 0 Å². The molecule has 0 aliphatic rings. The van der Waals surface area contributed by atoms with E-state index in [-0.39, 0.29) is 0 Å². The van der Waals surface area contributed by atoms with E-state index in [9.17, 15) is 0 Å². The molecule has 0 radical (unpaired) electrons. The summed E-state index contributed by atoms with van der Waals surface area (Å²) in [6.07, 6.45) is 0. The summed E-state index contributed by atoms with van der Waals surface area (Å²) in [4.78, 5) is 0. The monoisotopic (exact) mass is 828 g/mol. The van der Waals surface area contributed by atoms with Crippen molar-refractivity contribution in [3.8, 4) is 22.7 Å². The number of para-hydroxylation sites is 6. The summed E-state index contributed by atoms with van der Waals surface area (Å²) >= 11 is 0. The van der Waals surface area contributed by atoms with Crippen LogP contribution in [0.3, 0.4) is 0 Å². The van der Waals surface area contributed by atoms with Crippen LogP contribution in [0.25, 0.3) is 132 Å². The predicted molar refractivity (Wildman–Crippen MR) is 271 cm³/mol. The van der Waals surface area contributed by atoms with Gasteiger partial charge in [-0.1, -0.05) is 121 Å². The zero-order valence-corrected chi connectivity index (χ0v) is 35.0. The molecule has 15 rings (SSSR count). The van der Waals surface area contributed by atoms with E-state index in [4.69, 9.17) is 4.42 Å². The van der Waals surface area contributed by atoms with Crippen LogP contribution in [0.15, 0.2) is 223 Å². The van der Waals surface area contributed by atoms with E-state index in [2.05, 4.69) is 237 Å². The van der Waals surface area contributed by atoms with Crippen LogP contribution in [-0.4, -0.2) is 18.3 Å². The van der Waals surface area contributed by atoms with Crippen molar-refractivity contribution in [3.05, 3.63) is 218 Å². The maximum atomic E-state index is 7.32. The van der Waals surface area contributed by atoms with Gasteiger partial charge >= 0.3 is 0 Å². The molecule has 5 heteroatoms. The molecule has 5 heterocycles. The molecule has 0 N–H and O–H groups in total.